The monoisotopic (exact) mass is 496 g/mol. The number of aromatic nitrogens is 3. The Bertz CT molecular complexity index is 1580. The number of aryl methyl sites for hydroxylation is 2. The lowest BCUT2D eigenvalue weighted by Crippen LogP contribution is -2.29. The maximum atomic E-state index is 12.7. The fourth-order valence-electron chi connectivity index (χ4n) is 4.16. The SMILES string of the molecule is Cc1nn(C)c(-n2ccc3cc(Cl)ccc32)c1C=CC(=O)NS(=O)(=O)c1ccc2c(c1)CCO2. The smallest absolute Gasteiger partial charge is 0.264 e. The summed E-state index contributed by atoms with van der Waals surface area (Å²) in [6.45, 7) is 2.34. The van der Waals surface area contributed by atoms with Crippen molar-refractivity contribution in [3.8, 4) is 11.6 Å². The van der Waals surface area contributed by atoms with E-state index in [1.54, 1.807) is 16.8 Å². The highest BCUT2D eigenvalue weighted by Gasteiger charge is 2.21. The van der Waals surface area contributed by atoms with Crippen molar-refractivity contribution in [3.63, 3.8) is 0 Å². The van der Waals surface area contributed by atoms with Crippen LogP contribution in [0.25, 0.3) is 22.8 Å². The second-order valence-electron chi connectivity index (χ2n) is 8.01. The number of rotatable bonds is 5. The Morgan fingerprint density at radius 1 is 1.21 bits per heavy atom. The lowest BCUT2D eigenvalue weighted by atomic mass is 10.2. The summed E-state index contributed by atoms with van der Waals surface area (Å²) in [7, 11) is -2.21. The van der Waals surface area contributed by atoms with Crippen LogP contribution < -0.4 is 9.46 Å². The molecule has 10 heteroatoms. The molecule has 4 aromatic rings. The van der Waals surface area contributed by atoms with E-state index in [2.05, 4.69) is 9.82 Å². The number of fused-ring (bicyclic) bond motifs is 2. The van der Waals surface area contributed by atoms with Crippen molar-refractivity contribution in [3.05, 3.63) is 76.6 Å². The molecule has 8 nitrogen and oxygen atoms in total. The zero-order valence-corrected chi connectivity index (χ0v) is 20.0. The Balaban J connectivity index is 1.43. The first kappa shape index (κ1) is 22.2. The zero-order chi connectivity index (χ0) is 24.0. The average Bonchev–Trinajstić information content (AvgIpc) is 3.48. The van der Waals surface area contributed by atoms with Gasteiger partial charge in [0.2, 0.25) is 0 Å². The third-order valence-corrected chi connectivity index (χ3v) is 7.30. The van der Waals surface area contributed by atoms with Gasteiger partial charge >= 0.3 is 0 Å². The highest BCUT2D eigenvalue weighted by molar-refractivity contribution is 7.90. The number of nitrogens with one attached hydrogen (secondary N) is 1. The molecule has 0 spiro atoms. The molecule has 0 aliphatic carbocycles. The van der Waals surface area contributed by atoms with Gasteiger partial charge in [0, 0.05) is 41.7 Å². The van der Waals surface area contributed by atoms with Crippen molar-refractivity contribution in [2.24, 2.45) is 7.05 Å². The molecule has 1 aliphatic rings. The van der Waals surface area contributed by atoms with Crippen molar-refractivity contribution in [2.75, 3.05) is 6.61 Å². The third kappa shape index (κ3) is 3.97. The number of halogens is 1. The number of hydrogen-bond donors (Lipinski definition) is 1. The van der Waals surface area contributed by atoms with Gasteiger partial charge in [-0.05, 0) is 61.0 Å². The molecule has 1 amide bonds. The van der Waals surface area contributed by atoms with Crippen LogP contribution in [0, 0.1) is 6.92 Å². The van der Waals surface area contributed by atoms with E-state index in [9.17, 15) is 13.2 Å². The predicted octanol–water partition coefficient (Wildman–Crippen LogP) is 3.78. The first-order chi connectivity index (χ1) is 16.2. The topological polar surface area (TPSA) is 95.2 Å². The zero-order valence-electron chi connectivity index (χ0n) is 18.4. The third-order valence-electron chi connectivity index (χ3n) is 5.73. The predicted molar refractivity (Wildman–Crippen MR) is 130 cm³/mol. The molecule has 2 aromatic heterocycles. The molecule has 5 rings (SSSR count). The number of carbonyl (C=O) groups excluding carboxylic acids is 1. The van der Waals surface area contributed by atoms with Crippen molar-refractivity contribution in [2.45, 2.75) is 18.2 Å². The van der Waals surface area contributed by atoms with Crippen LogP contribution in [0.3, 0.4) is 0 Å². The molecule has 1 aliphatic heterocycles. The van der Waals surface area contributed by atoms with Gasteiger partial charge in [0.15, 0.2) is 0 Å². The van der Waals surface area contributed by atoms with Crippen LogP contribution in [0.2, 0.25) is 5.02 Å². The van der Waals surface area contributed by atoms with Crippen LogP contribution in [0.5, 0.6) is 5.75 Å². The maximum Gasteiger partial charge on any atom is 0.264 e. The molecule has 0 saturated carbocycles. The minimum Gasteiger partial charge on any atom is -0.493 e. The molecule has 0 radical (unpaired) electrons. The van der Waals surface area contributed by atoms with Crippen LogP contribution in [-0.4, -0.2) is 35.3 Å². The Labute approximate surface area is 201 Å². The van der Waals surface area contributed by atoms with Gasteiger partial charge in [-0.15, -0.1) is 0 Å². The standard InChI is InChI=1S/C24H21ClN4O4S/c1-15-20(24(28(2)26-15)29-11-9-16-13-18(25)3-6-21(16)29)5-8-23(30)27-34(31,32)19-4-7-22-17(14-19)10-12-33-22/h3-9,11,13-14H,10,12H2,1-2H3,(H,27,30). The Morgan fingerprint density at radius 3 is 2.85 bits per heavy atom. The second-order valence-corrected chi connectivity index (χ2v) is 10.1. The highest BCUT2D eigenvalue weighted by atomic mass is 35.5. The summed E-state index contributed by atoms with van der Waals surface area (Å²) in [6.07, 6.45) is 5.30. The first-order valence-corrected chi connectivity index (χ1v) is 12.4. The molecule has 1 N–H and O–H groups in total. The van der Waals surface area contributed by atoms with Crippen molar-refractivity contribution in [1.82, 2.24) is 19.1 Å². The summed E-state index contributed by atoms with van der Waals surface area (Å²) in [4.78, 5) is 12.6. The number of benzene rings is 2. The van der Waals surface area contributed by atoms with Crippen LogP contribution in [0.15, 0.2) is 59.6 Å². The van der Waals surface area contributed by atoms with Gasteiger partial charge < -0.3 is 9.30 Å². The molecule has 0 unspecified atom stereocenters. The normalized spacial score (nSPS) is 13.4. The molecule has 0 fully saturated rings. The van der Waals surface area contributed by atoms with E-state index >= 15 is 0 Å². The van der Waals surface area contributed by atoms with Crippen LogP contribution >= 0.6 is 11.6 Å². The van der Waals surface area contributed by atoms with Gasteiger partial charge in [-0.1, -0.05) is 11.6 Å². The number of hydrogen-bond acceptors (Lipinski definition) is 5. The molecule has 0 atom stereocenters. The van der Waals surface area contributed by atoms with E-state index in [1.807, 2.05) is 49.0 Å². The molecular weight excluding hydrogens is 476 g/mol. The molecular formula is C24H21ClN4O4S. The van der Waals surface area contributed by atoms with Crippen LogP contribution in [0.1, 0.15) is 16.8 Å². The molecule has 0 saturated heterocycles. The van der Waals surface area contributed by atoms with E-state index in [0.717, 1.165) is 22.3 Å². The summed E-state index contributed by atoms with van der Waals surface area (Å²) in [6, 6.07) is 12.1. The molecule has 3 heterocycles. The van der Waals surface area contributed by atoms with Gasteiger partial charge in [0.1, 0.15) is 11.6 Å². The lowest BCUT2D eigenvalue weighted by molar-refractivity contribution is -0.114. The largest absolute Gasteiger partial charge is 0.493 e. The van der Waals surface area contributed by atoms with Crippen LogP contribution in [0.4, 0.5) is 0 Å². The van der Waals surface area contributed by atoms with Gasteiger partial charge in [-0.2, -0.15) is 5.10 Å². The average molecular weight is 497 g/mol. The van der Waals surface area contributed by atoms with Gasteiger partial charge in [0.05, 0.1) is 22.7 Å². The van der Waals surface area contributed by atoms with E-state index in [4.69, 9.17) is 16.3 Å². The Hall–Kier alpha value is -3.56. The maximum absolute atomic E-state index is 12.7. The van der Waals surface area contributed by atoms with Gasteiger partial charge in [-0.25, -0.2) is 13.1 Å². The lowest BCUT2D eigenvalue weighted by Gasteiger charge is -2.08. The van der Waals surface area contributed by atoms with Crippen molar-refractivity contribution < 1.29 is 17.9 Å². The number of amides is 1. The highest BCUT2D eigenvalue weighted by Crippen LogP contribution is 2.28. The summed E-state index contributed by atoms with van der Waals surface area (Å²) >= 11 is 6.11. The van der Waals surface area contributed by atoms with E-state index in [1.165, 1.54) is 18.2 Å². The van der Waals surface area contributed by atoms with Crippen LogP contribution in [-0.2, 0) is 28.3 Å². The molecule has 34 heavy (non-hydrogen) atoms. The molecule has 2 aromatic carbocycles. The van der Waals surface area contributed by atoms with Crippen molar-refractivity contribution >= 4 is 44.5 Å². The quantitative estimate of drug-likeness (QED) is 0.424. The molecule has 174 valence electrons. The first-order valence-electron chi connectivity index (χ1n) is 10.5. The Morgan fingerprint density at radius 2 is 2.03 bits per heavy atom. The van der Waals surface area contributed by atoms with Crippen molar-refractivity contribution in [1.29, 1.82) is 0 Å². The number of carbonyl (C=O) groups is 1. The Kier molecular flexibility index (Phi) is 5.45. The van der Waals surface area contributed by atoms with E-state index in [0.29, 0.717) is 35.1 Å². The fraction of sp³-hybridized carbons (Fsp3) is 0.167. The van der Waals surface area contributed by atoms with E-state index < -0.39 is 15.9 Å². The summed E-state index contributed by atoms with van der Waals surface area (Å²) < 4.78 is 36.6. The minimum absolute atomic E-state index is 0.0224. The number of nitrogens with zero attached hydrogens (tertiary/aromatic N) is 3. The second kappa shape index (κ2) is 8.34. The minimum atomic E-state index is -4.02. The number of ether oxygens (including phenoxy) is 1. The van der Waals surface area contributed by atoms with Gasteiger partial charge in [0.25, 0.3) is 15.9 Å². The molecule has 0 bridgehead atoms. The van der Waals surface area contributed by atoms with E-state index in [-0.39, 0.29) is 4.90 Å². The summed E-state index contributed by atoms with van der Waals surface area (Å²) in [5.41, 5.74) is 3.12. The number of sulfonamides is 1. The summed E-state index contributed by atoms with van der Waals surface area (Å²) in [5, 5.41) is 6.08. The van der Waals surface area contributed by atoms with Gasteiger partial charge in [-0.3, -0.25) is 9.48 Å². The fourth-order valence-corrected chi connectivity index (χ4v) is 5.33. The summed E-state index contributed by atoms with van der Waals surface area (Å²) in [5.74, 6) is 0.653.